The Kier molecular flexibility index (Phi) is 5.72. The fraction of sp³-hybridized carbons (Fsp3) is 0.300. The summed E-state index contributed by atoms with van der Waals surface area (Å²) in [6.07, 6.45) is 2.85. The standard InChI is InChI=1S/C20H21N3O5S2/c1-29-15-4-2-3-14(11-15)21-19(24)13-7-9-23(10-8-13)30(26,27)16-5-6-17-18(12-16)28-20(25)22-17/h2-6,11-13H,7-10H2,1H3,(H,21,24)(H,22,25). The minimum atomic E-state index is -3.74. The van der Waals surface area contributed by atoms with Crippen molar-refractivity contribution in [3.63, 3.8) is 0 Å². The van der Waals surface area contributed by atoms with Crippen LogP contribution in [0.4, 0.5) is 5.69 Å². The quantitative estimate of drug-likeness (QED) is 0.582. The molecule has 1 fully saturated rings. The van der Waals surface area contributed by atoms with Gasteiger partial charge in [-0.3, -0.25) is 9.78 Å². The number of oxazole rings is 1. The smallest absolute Gasteiger partial charge is 0.408 e. The van der Waals surface area contributed by atoms with E-state index in [9.17, 15) is 18.0 Å². The van der Waals surface area contributed by atoms with E-state index >= 15 is 0 Å². The molecule has 2 aromatic carbocycles. The molecule has 1 aromatic heterocycles. The highest BCUT2D eigenvalue weighted by atomic mass is 32.2. The zero-order valence-corrected chi connectivity index (χ0v) is 17.9. The van der Waals surface area contributed by atoms with Gasteiger partial charge in [0, 0.05) is 35.7 Å². The van der Waals surface area contributed by atoms with E-state index in [-0.39, 0.29) is 35.4 Å². The molecule has 158 valence electrons. The summed E-state index contributed by atoms with van der Waals surface area (Å²) in [6, 6.07) is 11.9. The molecule has 0 spiro atoms. The number of hydrogen-bond acceptors (Lipinski definition) is 6. The van der Waals surface area contributed by atoms with Crippen LogP contribution in [-0.4, -0.2) is 43.0 Å². The Balaban J connectivity index is 1.42. The number of aromatic amines is 1. The summed E-state index contributed by atoms with van der Waals surface area (Å²) < 4.78 is 32.3. The van der Waals surface area contributed by atoms with Gasteiger partial charge in [0.05, 0.1) is 10.4 Å². The van der Waals surface area contributed by atoms with Crippen molar-refractivity contribution in [2.24, 2.45) is 5.92 Å². The van der Waals surface area contributed by atoms with Crippen LogP contribution < -0.4 is 11.1 Å². The summed E-state index contributed by atoms with van der Waals surface area (Å²) in [5.41, 5.74) is 1.38. The Morgan fingerprint density at radius 2 is 1.97 bits per heavy atom. The van der Waals surface area contributed by atoms with Crippen LogP contribution in [0.5, 0.6) is 0 Å². The molecule has 1 aliphatic rings. The molecule has 1 amide bonds. The summed E-state index contributed by atoms with van der Waals surface area (Å²) in [5, 5.41) is 2.93. The molecule has 1 aliphatic heterocycles. The van der Waals surface area contributed by atoms with Gasteiger partial charge in [-0.25, -0.2) is 13.2 Å². The molecule has 0 bridgehead atoms. The number of nitrogens with one attached hydrogen (secondary N) is 2. The molecule has 0 aliphatic carbocycles. The predicted octanol–water partition coefficient (Wildman–Crippen LogP) is 2.88. The van der Waals surface area contributed by atoms with Crippen LogP contribution in [0.15, 0.2) is 61.5 Å². The molecule has 0 atom stereocenters. The fourth-order valence-corrected chi connectivity index (χ4v) is 5.48. The van der Waals surface area contributed by atoms with E-state index in [4.69, 9.17) is 4.42 Å². The van der Waals surface area contributed by atoms with E-state index in [1.807, 2.05) is 30.5 Å². The number of carbonyl (C=O) groups excluding carboxylic acids is 1. The second-order valence-corrected chi connectivity index (χ2v) is 9.89. The lowest BCUT2D eigenvalue weighted by molar-refractivity contribution is -0.120. The number of nitrogens with zero attached hydrogens (tertiary/aromatic N) is 1. The lowest BCUT2D eigenvalue weighted by atomic mass is 9.97. The molecule has 0 unspecified atom stereocenters. The second kappa shape index (κ2) is 8.29. The highest BCUT2D eigenvalue weighted by Crippen LogP contribution is 2.27. The first-order valence-electron chi connectivity index (χ1n) is 9.45. The Bertz CT molecular complexity index is 1240. The van der Waals surface area contributed by atoms with Crippen LogP contribution in [0.1, 0.15) is 12.8 Å². The number of benzene rings is 2. The number of H-pyrrole nitrogens is 1. The van der Waals surface area contributed by atoms with Gasteiger partial charge in [-0.15, -0.1) is 11.8 Å². The third-order valence-electron chi connectivity index (χ3n) is 5.19. The van der Waals surface area contributed by atoms with Crippen molar-refractivity contribution in [3.8, 4) is 0 Å². The summed E-state index contributed by atoms with van der Waals surface area (Å²) in [6.45, 7) is 0.501. The Morgan fingerprint density at radius 3 is 2.70 bits per heavy atom. The first kappa shape index (κ1) is 20.7. The van der Waals surface area contributed by atoms with Crippen molar-refractivity contribution in [3.05, 3.63) is 53.0 Å². The number of fused-ring (bicyclic) bond motifs is 1. The number of piperidine rings is 1. The largest absolute Gasteiger partial charge is 0.417 e. The van der Waals surface area contributed by atoms with Crippen molar-refractivity contribution in [2.75, 3.05) is 24.7 Å². The molecule has 0 saturated carbocycles. The lowest BCUT2D eigenvalue weighted by Gasteiger charge is -2.30. The first-order chi connectivity index (χ1) is 14.4. The van der Waals surface area contributed by atoms with Gasteiger partial charge in [0.1, 0.15) is 0 Å². The van der Waals surface area contributed by atoms with Crippen molar-refractivity contribution in [2.45, 2.75) is 22.6 Å². The molecule has 1 saturated heterocycles. The van der Waals surface area contributed by atoms with Crippen molar-refractivity contribution >= 4 is 44.5 Å². The van der Waals surface area contributed by atoms with E-state index in [0.29, 0.717) is 18.4 Å². The van der Waals surface area contributed by atoms with Crippen LogP contribution in [0.3, 0.4) is 0 Å². The summed E-state index contributed by atoms with van der Waals surface area (Å²) >= 11 is 1.60. The van der Waals surface area contributed by atoms with Crippen molar-refractivity contribution in [1.29, 1.82) is 0 Å². The molecule has 4 rings (SSSR count). The molecule has 2 N–H and O–H groups in total. The minimum Gasteiger partial charge on any atom is -0.408 e. The number of carbonyl (C=O) groups is 1. The molecular formula is C20H21N3O5S2. The lowest BCUT2D eigenvalue weighted by Crippen LogP contribution is -2.41. The number of aromatic nitrogens is 1. The van der Waals surface area contributed by atoms with Crippen molar-refractivity contribution in [1.82, 2.24) is 9.29 Å². The van der Waals surface area contributed by atoms with Crippen LogP contribution in [0.2, 0.25) is 0 Å². The highest BCUT2D eigenvalue weighted by molar-refractivity contribution is 7.98. The zero-order chi connectivity index (χ0) is 21.3. The number of rotatable bonds is 5. The van der Waals surface area contributed by atoms with Crippen molar-refractivity contribution < 1.29 is 17.6 Å². The van der Waals surface area contributed by atoms with E-state index < -0.39 is 15.8 Å². The Hall–Kier alpha value is -2.56. The minimum absolute atomic E-state index is 0.0644. The Labute approximate surface area is 177 Å². The zero-order valence-electron chi connectivity index (χ0n) is 16.3. The summed E-state index contributed by atoms with van der Waals surface area (Å²) in [4.78, 5) is 27.5. The maximum Gasteiger partial charge on any atom is 0.417 e. The summed E-state index contributed by atoms with van der Waals surface area (Å²) in [7, 11) is -3.74. The third kappa shape index (κ3) is 4.16. The van der Waals surface area contributed by atoms with Crippen LogP contribution in [-0.2, 0) is 14.8 Å². The molecule has 3 aromatic rings. The number of amides is 1. The molecule has 8 nitrogen and oxygen atoms in total. The maximum atomic E-state index is 13.0. The molecule has 2 heterocycles. The number of sulfonamides is 1. The highest BCUT2D eigenvalue weighted by Gasteiger charge is 2.32. The van der Waals surface area contributed by atoms with Crippen LogP contribution in [0.25, 0.3) is 11.1 Å². The van der Waals surface area contributed by atoms with Gasteiger partial charge in [-0.2, -0.15) is 4.31 Å². The normalized spacial score (nSPS) is 16.0. The molecule has 0 radical (unpaired) electrons. The summed E-state index contributed by atoms with van der Waals surface area (Å²) in [5.74, 6) is -0.977. The average Bonchev–Trinajstić information content (AvgIpc) is 3.13. The van der Waals surface area contributed by atoms with Gasteiger partial charge in [-0.05, 0) is 49.4 Å². The topological polar surface area (TPSA) is 112 Å². The maximum absolute atomic E-state index is 13.0. The second-order valence-electron chi connectivity index (χ2n) is 7.07. The van der Waals surface area contributed by atoms with E-state index in [1.54, 1.807) is 11.8 Å². The van der Waals surface area contributed by atoms with Crippen LogP contribution in [0, 0.1) is 5.92 Å². The Morgan fingerprint density at radius 1 is 1.20 bits per heavy atom. The van der Waals surface area contributed by atoms with E-state index in [0.717, 1.165) is 10.6 Å². The van der Waals surface area contributed by atoms with Gasteiger partial charge >= 0.3 is 5.76 Å². The van der Waals surface area contributed by atoms with Gasteiger partial charge in [-0.1, -0.05) is 6.07 Å². The van der Waals surface area contributed by atoms with Crippen LogP contribution >= 0.6 is 11.8 Å². The number of thioether (sulfide) groups is 1. The van der Waals surface area contributed by atoms with Gasteiger partial charge in [0.15, 0.2) is 5.58 Å². The molecule has 10 heteroatoms. The SMILES string of the molecule is CSc1cccc(NC(=O)C2CCN(S(=O)(=O)c3ccc4[nH]c(=O)oc4c3)CC2)c1. The predicted molar refractivity (Wildman–Crippen MR) is 115 cm³/mol. The van der Waals surface area contributed by atoms with E-state index in [1.165, 1.54) is 22.5 Å². The third-order valence-corrected chi connectivity index (χ3v) is 7.81. The number of anilines is 1. The van der Waals surface area contributed by atoms with E-state index in [2.05, 4.69) is 10.3 Å². The average molecular weight is 448 g/mol. The first-order valence-corrected chi connectivity index (χ1v) is 12.1. The molecular weight excluding hydrogens is 426 g/mol. The monoisotopic (exact) mass is 447 g/mol. The van der Waals surface area contributed by atoms with Gasteiger partial charge in [0.25, 0.3) is 0 Å². The fourth-order valence-electron chi connectivity index (χ4n) is 3.54. The van der Waals surface area contributed by atoms with Gasteiger partial charge < -0.3 is 9.73 Å². The van der Waals surface area contributed by atoms with Gasteiger partial charge in [0.2, 0.25) is 15.9 Å². The molecule has 30 heavy (non-hydrogen) atoms. The number of hydrogen-bond donors (Lipinski definition) is 2.